The Morgan fingerprint density at radius 3 is 2.94 bits per heavy atom. The van der Waals surface area contributed by atoms with Gasteiger partial charge in [-0.1, -0.05) is 6.07 Å². The van der Waals surface area contributed by atoms with Crippen LogP contribution >= 0.6 is 15.9 Å². The van der Waals surface area contributed by atoms with Gasteiger partial charge in [0.2, 0.25) is 0 Å². The first kappa shape index (κ1) is 12.8. The molecule has 1 aromatic heterocycles. The Bertz CT molecular complexity index is 563. The smallest absolute Gasteiger partial charge is 0.251 e. The molecule has 0 saturated carbocycles. The second kappa shape index (κ2) is 5.30. The van der Waals surface area contributed by atoms with Gasteiger partial charge in [-0.3, -0.25) is 9.48 Å². The summed E-state index contributed by atoms with van der Waals surface area (Å²) in [5.41, 5.74) is 1.15. The van der Waals surface area contributed by atoms with Crippen LogP contribution in [0.2, 0.25) is 0 Å². The third-order valence-electron chi connectivity index (χ3n) is 2.51. The zero-order chi connectivity index (χ0) is 13.1. The van der Waals surface area contributed by atoms with E-state index < -0.39 is 5.82 Å². The largest absolute Gasteiger partial charge is 0.346 e. The Balaban J connectivity index is 2.05. The van der Waals surface area contributed by atoms with Crippen LogP contribution in [0, 0.1) is 5.82 Å². The first-order valence-electron chi connectivity index (χ1n) is 5.28. The molecule has 2 aromatic rings. The average molecular weight is 312 g/mol. The standard InChI is InChI=1S/C12H11BrFN3O/c1-17-11(10(13)6-16-17)7-15-12(18)8-3-2-4-9(14)5-8/h2-6H,7H2,1H3,(H,15,18). The van der Waals surface area contributed by atoms with Crippen molar-refractivity contribution in [2.45, 2.75) is 6.54 Å². The lowest BCUT2D eigenvalue weighted by molar-refractivity contribution is 0.0949. The van der Waals surface area contributed by atoms with E-state index in [1.165, 1.54) is 18.2 Å². The van der Waals surface area contributed by atoms with Gasteiger partial charge in [0.15, 0.2) is 0 Å². The van der Waals surface area contributed by atoms with Crippen molar-refractivity contribution in [3.63, 3.8) is 0 Å². The van der Waals surface area contributed by atoms with Gasteiger partial charge in [0, 0.05) is 12.6 Å². The molecule has 0 aliphatic carbocycles. The van der Waals surface area contributed by atoms with Gasteiger partial charge in [-0.05, 0) is 34.1 Å². The van der Waals surface area contributed by atoms with Crippen molar-refractivity contribution in [1.29, 1.82) is 0 Å². The van der Waals surface area contributed by atoms with Gasteiger partial charge >= 0.3 is 0 Å². The van der Waals surface area contributed by atoms with Crippen molar-refractivity contribution in [1.82, 2.24) is 15.1 Å². The summed E-state index contributed by atoms with van der Waals surface area (Å²) in [7, 11) is 1.79. The van der Waals surface area contributed by atoms with E-state index in [-0.39, 0.29) is 5.91 Å². The molecule has 18 heavy (non-hydrogen) atoms. The van der Waals surface area contributed by atoms with Gasteiger partial charge in [0.05, 0.1) is 22.9 Å². The number of carbonyl (C=O) groups excluding carboxylic acids is 1. The average Bonchev–Trinajstić information content (AvgIpc) is 2.66. The summed E-state index contributed by atoms with van der Waals surface area (Å²) in [5.74, 6) is -0.744. The molecule has 2 rings (SSSR count). The molecule has 0 aliphatic rings. The Morgan fingerprint density at radius 1 is 1.56 bits per heavy atom. The molecule has 0 fully saturated rings. The number of rotatable bonds is 3. The summed E-state index contributed by atoms with van der Waals surface area (Å²) in [4.78, 5) is 11.8. The van der Waals surface area contributed by atoms with Crippen LogP contribution in [0.5, 0.6) is 0 Å². The number of nitrogens with one attached hydrogen (secondary N) is 1. The molecule has 0 spiro atoms. The van der Waals surface area contributed by atoms with Crippen molar-refractivity contribution in [3.8, 4) is 0 Å². The fourth-order valence-electron chi connectivity index (χ4n) is 1.53. The number of hydrogen-bond acceptors (Lipinski definition) is 2. The number of benzene rings is 1. The summed E-state index contributed by atoms with van der Waals surface area (Å²) in [6, 6.07) is 5.57. The molecule has 0 saturated heterocycles. The van der Waals surface area contributed by atoms with Gasteiger partial charge in [-0.15, -0.1) is 0 Å². The number of hydrogen-bond donors (Lipinski definition) is 1. The summed E-state index contributed by atoms with van der Waals surface area (Å²) in [6.07, 6.45) is 1.66. The Labute approximate surface area is 112 Å². The van der Waals surface area contributed by atoms with Gasteiger partial charge in [0.1, 0.15) is 5.82 Å². The zero-order valence-corrected chi connectivity index (χ0v) is 11.2. The van der Waals surface area contributed by atoms with Crippen LogP contribution in [-0.2, 0) is 13.6 Å². The topological polar surface area (TPSA) is 46.9 Å². The summed E-state index contributed by atoms with van der Waals surface area (Å²) in [6.45, 7) is 0.326. The van der Waals surface area contributed by atoms with E-state index in [1.807, 2.05) is 0 Å². The van der Waals surface area contributed by atoms with Crippen molar-refractivity contribution in [3.05, 3.63) is 52.0 Å². The molecule has 0 unspecified atom stereocenters. The highest BCUT2D eigenvalue weighted by molar-refractivity contribution is 9.10. The lowest BCUT2D eigenvalue weighted by atomic mass is 10.2. The van der Waals surface area contributed by atoms with E-state index in [4.69, 9.17) is 0 Å². The predicted octanol–water partition coefficient (Wildman–Crippen LogP) is 2.25. The van der Waals surface area contributed by atoms with E-state index in [9.17, 15) is 9.18 Å². The molecule has 1 amide bonds. The maximum Gasteiger partial charge on any atom is 0.251 e. The fraction of sp³-hybridized carbons (Fsp3) is 0.167. The van der Waals surface area contributed by atoms with E-state index in [2.05, 4.69) is 26.3 Å². The second-order valence-electron chi connectivity index (χ2n) is 3.76. The number of carbonyl (C=O) groups is 1. The summed E-state index contributed by atoms with van der Waals surface area (Å²) >= 11 is 3.34. The first-order chi connectivity index (χ1) is 8.58. The number of amides is 1. The Morgan fingerprint density at radius 2 is 2.33 bits per heavy atom. The van der Waals surface area contributed by atoms with Gasteiger partial charge in [-0.25, -0.2) is 4.39 Å². The van der Waals surface area contributed by atoms with Gasteiger partial charge < -0.3 is 5.32 Å². The molecule has 4 nitrogen and oxygen atoms in total. The summed E-state index contributed by atoms with van der Waals surface area (Å²) < 4.78 is 15.5. The second-order valence-corrected chi connectivity index (χ2v) is 4.61. The van der Waals surface area contributed by atoms with Crippen LogP contribution in [0.15, 0.2) is 34.9 Å². The quantitative estimate of drug-likeness (QED) is 0.945. The normalized spacial score (nSPS) is 10.4. The van der Waals surface area contributed by atoms with Crippen molar-refractivity contribution in [2.24, 2.45) is 7.05 Å². The molecule has 94 valence electrons. The first-order valence-corrected chi connectivity index (χ1v) is 6.07. The summed E-state index contributed by atoms with van der Waals surface area (Å²) in [5, 5.41) is 6.75. The SMILES string of the molecule is Cn1ncc(Br)c1CNC(=O)c1cccc(F)c1. The third-order valence-corrected chi connectivity index (χ3v) is 3.18. The van der Waals surface area contributed by atoms with Crippen molar-refractivity contribution in [2.75, 3.05) is 0 Å². The van der Waals surface area contributed by atoms with Crippen LogP contribution < -0.4 is 5.32 Å². The third kappa shape index (κ3) is 2.76. The molecule has 1 aromatic carbocycles. The minimum Gasteiger partial charge on any atom is -0.346 e. The van der Waals surface area contributed by atoms with Crippen molar-refractivity contribution >= 4 is 21.8 Å². The van der Waals surface area contributed by atoms with Gasteiger partial charge in [-0.2, -0.15) is 5.10 Å². The van der Waals surface area contributed by atoms with E-state index >= 15 is 0 Å². The van der Waals surface area contributed by atoms with E-state index in [0.717, 1.165) is 10.2 Å². The highest BCUT2D eigenvalue weighted by Gasteiger charge is 2.09. The molecule has 0 bridgehead atoms. The van der Waals surface area contributed by atoms with Crippen LogP contribution in [0.25, 0.3) is 0 Å². The Kier molecular flexibility index (Phi) is 3.76. The van der Waals surface area contributed by atoms with Crippen LogP contribution in [0.4, 0.5) is 4.39 Å². The molecule has 6 heteroatoms. The van der Waals surface area contributed by atoms with Crippen LogP contribution in [0.3, 0.4) is 0 Å². The lowest BCUT2D eigenvalue weighted by Crippen LogP contribution is -2.24. The van der Waals surface area contributed by atoms with Crippen LogP contribution in [-0.4, -0.2) is 15.7 Å². The number of nitrogens with zero attached hydrogens (tertiary/aromatic N) is 2. The minimum absolute atomic E-state index is 0.299. The number of aryl methyl sites for hydroxylation is 1. The molecule has 0 aliphatic heterocycles. The van der Waals surface area contributed by atoms with Crippen molar-refractivity contribution < 1.29 is 9.18 Å². The van der Waals surface area contributed by atoms with E-state index in [0.29, 0.717) is 12.1 Å². The maximum atomic E-state index is 13.0. The highest BCUT2D eigenvalue weighted by Crippen LogP contribution is 2.14. The Hall–Kier alpha value is -1.69. The molecule has 1 heterocycles. The maximum absolute atomic E-state index is 13.0. The number of aromatic nitrogens is 2. The van der Waals surface area contributed by atoms with Crippen LogP contribution in [0.1, 0.15) is 16.1 Å². The molecular formula is C12H11BrFN3O. The molecule has 0 atom stereocenters. The highest BCUT2D eigenvalue weighted by atomic mass is 79.9. The van der Waals surface area contributed by atoms with E-state index in [1.54, 1.807) is 24.0 Å². The number of halogens is 2. The minimum atomic E-state index is -0.427. The molecular weight excluding hydrogens is 301 g/mol. The zero-order valence-electron chi connectivity index (χ0n) is 9.65. The molecule has 0 radical (unpaired) electrons. The fourth-order valence-corrected chi connectivity index (χ4v) is 2.02. The van der Waals surface area contributed by atoms with Gasteiger partial charge in [0.25, 0.3) is 5.91 Å². The predicted molar refractivity (Wildman–Crippen MR) is 68.5 cm³/mol. The molecule has 1 N–H and O–H groups in total. The monoisotopic (exact) mass is 311 g/mol. The lowest BCUT2D eigenvalue weighted by Gasteiger charge is -2.06.